The van der Waals surface area contributed by atoms with E-state index >= 15 is 0 Å². The van der Waals surface area contributed by atoms with Gasteiger partial charge in [-0.25, -0.2) is 0 Å². The molecule has 3 heteroatoms. The second-order valence-corrected chi connectivity index (χ2v) is 5.50. The van der Waals surface area contributed by atoms with Crippen LogP contribution in [0.2, 0.25) is 0 Å². The zero-order valence-corrected chi connectivity index (χ0v) is 8.84. The summed E-state index contributed by atoms with van der Waals surface area (Å²) in [4.78, 5) is 10.8. The molecule has 0 aliphatic heterocycles. The van der Waals surface area contributed by atoms with Crippen LogP contribution in [-0.2, 0) is 9.53 Å². The number of halogens is 1. The molecular formula is C7H14IO2-. The van der Waals surface area contributed by atoms with Gasteiger partial charge in [-0.3, -0.25) is 0 Å². The van der Waals surface area contributed by atoms with Gasteiger partial charge in [0.1, 0.15) is 0 Å². The van der Waals surface area contributed by atoms with Crippen molar-refractivity contribution in [1.82, 2.24) is 0 Å². The molecule has 0 aromatic heterocycles. The van der Waals surface area contributed by atoms with Crippen LogP contribution >= 0.6 is 0 Å². The number of hydrogen-bond acceptors (Lipinski definition) is 2. The third-order valence-electron chi connectivity index (χ3n) is 0.760. The molecule has 0 aliphatic rings. The van der Waals surface area contributed by atoms with Crippen molar-refractivity contribution in [3.05, 3.63) is 0 Å². The van der Waals surface area contributed by atoms with Crippen molar-refractivity contribution in [2.45, 2.75) is 26.9 Å². The molecule has 62 valence electrons. The van der Waals surface area contributed by atoms with Crippen molar-refractivity contribution in [3.63, 3.8) is 0 Å². The summed E-state index contributed by atoms with van der Waals surface area (Å²) in [5.41, 5.74) is 0. The Hall–Kier alpha value is 0.200. The minimum atomic E-state index is -0.0235. The second-order valence-electron chi connectivity index (χ2n) is 2.13. The second kappa shape index (κ2) is 5.95. The molecule has 0 aliphatic carbocycles. The Kier molecular flexibility index (Phi) is 6.06. The van der Waals surface area contributed by atoms with Gasteiger partial charge in [-0.1, -0.05) is 0 Å². The molecule has 0 N–H and O–H groups in total. The van der Waals surface area contributed by atoms with E-state index in [1.165, 1.54) is 0 Å². The Labute approximate surface area is 72.6 Å². The molecule has 0 saturated heterocycles. The maximum atomic E-state index is 10.8. The molecule has 0 aromatic carbocycles. The average molecular weight is 257 g/mol. The summed E-state index contributed by atoms with van der Waals surface area (Å²) in [5, 5.41) is 0. The molecule has 0 fully saturated rings. The van der Waals surface area contributed by atoms with E-state index in [1.807, 2.05) is 13.8 Å². The monoisotopic (exact) mass is 257 g/mol. The molecule has 0 saturated carbocycles. The Balaban J connectivity index is 3.26. The fourth-order valence-corrected chi connectivity index (χ4v) is 1.63. The van der Waals surface area contributed by atoms with Gasteiger partial charge in [0, 0.05) is 0 Å². The van der Waals surface area contributed by atoms with Gasteiger partial charge in [0.25, 0.3) is 0 Å². The maximum absolute atomic E-state index is 10.8. The van der Waals surface area contributed by atoms with E-state index in [0.717, 1.165) is 4.43 Å². The van der Waals surface area contributed by atoms with Crippen LogP contribution in [0, 0.1) is 0 Å². The van der Waals surface area contributed by atoms with Crippen molar-refractivity contribution in [2.75, 3.05) is 8.86 Å². The number of esters is 1. The molecule has 0 rings (SSSR count). The van der Waals surface area contributed by atoms with Crippen molar-refractivity contribution >= 4 is 5.97 Å². The third kappa shape index (κ3) is 6.32. The summed E-state index contributed by atoms with van der Waals surface area (Å²) in [6.45, 7) is 5.86. The molecule has 0 amide bonds. The van der Waals surface area contributed by atoms with Crippen LogP contribution in [0.1, 0.15) is 20.8 Å². The first-order valence-electron chi connectivity index (χ1n) is 3.39. The van der Waals surface area contributed by atoms with Crippen LogP contribution in [0.3, 0.4) is 0 Å². The minimum absolute atomic E-state index is 0.0235. The fourth-order valence-electron chi connectivity index (χ4n) is 0.466. The van der Waals surface area contributed by atoms with Gasteiger partial charge in [0.15, 0.2) is 0 Å². The number of carbonyl (C=O) groups is 1. The molecule has 0 radical (unpaired) electrons. The standard InChI is InChI=1S/C7H14IO2/c1-4-8-5-7(9)10-6(2)3/h6H,4-5H2,1-3H3/q-1. The van der Waals surface area contributed by atoms with Crippen LogP contribution in [0.25, 0.3) is 0 Å². The first kappa shape index (κ1) is 10.2. The first-order valence-corrected chi connectivity index (χ1v) is 6.44. The first-order chi connectivity index (χ1) is 4.66. The molecule has 0 unspecified atom stereocenters. The van der Waals surface area contributed by atoms with Gasteiger partial charge in [-0.15, -0.1) is 0 Å². The van der Waals surface area contributed by atoms with E-state index in [0.29, 0.717) is 4.43 Å². The Bertz CT molecular complexity index is 102. The number of ether oxygens (including phenoxy) is 1. The van der Waals surface area contributed by atoms with E-state index in [4.69, 9.17) is 4.74 Å². The molecular weight excluding hydrogens is 243 g/mol. The summed E-state index contributed by atoms with van der Waals surface area (Å²) in [7, 11) is 0. The zero-order valence-electron chi connectivity index (χ0n) is 6.69. The summed E-state index contributed by atoms with van der Waals surface area (Å²) in [5.74, 6) is -0.0235. The molecule has 0 heterocycles. The molecule has 0 aromatic rings. The Morgan fingerprint density at radius 2 is 2.20 bits per heavy atom. The van der Waals surface area contributed by atoms with E-state index in [1.54, 1.807) is 0 Å². The van der Waals surface area contributed by atoms with Gasteiger partial charge in [0.2, 0.25) is 0 Å². The summed E-state index contributed by atoms with van der Waals surface area (Å²) in [6.07, 6.45) is 0.0494. The SMILES string of the molecule is CC[I-]CC(=O)OC(C)C. The Morgan fingerprint density at radius 1 is 1.60 bits per heavy atom. The predicted molar refractivity (Wildman–Crippen MR) is 36.6 cm³/mol. The third-order valence-corrected chi connectivity index (χ3v) is 3.00. The number of hydrogen-bond donors (Lipinski definition) is 0. The summed E-state index contributed by atoms with van der Waals surface area (Å²) >= 11 is 0.0812. The summed E-state index contributed by atoms with van der Waals surface area (Å²) < 4.78 is 6.77. The molecule has 10 heavy (non-hydrogen) atoms. The van der Waals surface area contributed by atoms with Gasteiger partial charge in [0.05, 0.1) is 0 Å². The van der Waals surface area contributed by atoms with Crippen LogP contribution in [0.4, 0.5) is 0 Å². The topological polar surface area (TPSA) is 26.3 Å². The number of alkyl halides is 2. The fraction of sp³-hybridized carbons (Fsp3) is 0.857. The number of carbonyl (C=O) groups excluding carboxylic acids is 1. The van der Waals surface area contributed by atoms with E-state index in [-0.39, 0.29) is 33.3 Å². The molecule has 0 spiro atoms. The van der Waals surface area contributed by atoms with E-state index < -0.39 is 0 Å². The zero-order chi connectivity index (χ0) is 7.98. The average Bonchev–Trinajstić information content (AvgIpc) is 1.82. The van der Waals surface area contributed by atoms with Crippen LogP contribution < -0.4 is 21.2 Å². The quantitative estimate of drug-likeness (QED) is 0.332. The number of rotatable bonds is 4. The van der Waals surface area contributed by atoms with Gasteiger partial charge >= 0.3 is 72.4 Å². The van der Waals surface area contributed by atoms with Crippen LogP contribution in [0.5, 0.6) is 0 Å². The van der Waals surface area contributed by atoms with Gasteiger partial charge < -0.3 is 0 Å². The van der Waals surface area contributed by atoms with Crippen molar-refractivity contribution < 1.29 is 30.7 Å². The van der Waals surface area contributed by atoms with Crippen LogP contribution in [-0.4, -0.2) is 20.9 Å². The van der Waals surface area contributed by atoms with Crippen molar-refractivity contribution in [2.24, 2.45) is 0 Å². The van der Waals surface area contributed by atoms with Crippen LogP contribution in [0.15, 0.2) is 0 Å². The molecule has 0 bridgehead atoms. The van der Waals surface area contributed by atoms with Crippen molar-refractivity contribution in [1.29, 1.82) is 0 Å². The van der Waals surface area contributed by atoms with Gasteiger partial charge in [-0.05, 0) is 0 Å². The predicted octanol–water partition coefficient (Wildman–Crippen LogP) is -1.95. The Morgan fingerprint density at radius 3 is 2.60 bits per heavy atom. The normalized spacial score (nSPS) is 10.4. The van der Waals surface area contributed by atoms with E-state index in [9.17, 15) is 4.79 Å². The summed E-state index contributed by atoms with van der Waals surface area (Å²) in [6, 6.07) is 0. The van der Waals surface area contributed by atoms with E-state index in [2.05, 4.69) is 6.92 Å². The van der Waals surface area contributed by atoms with Gasteiger partial charge in [-0.2, -0.15) is 0 Å². The molecule has 2 nitrogen and oxygen atoms in total. The van der Waals surface area contributed by atoms with Crippen molar-refractivity contribution in [3.8, 4) is 0 Å². The molecule has 0 atom stereocenters.